The molecule has 4 aromatic rings. The van der Waals surface area contributed by atoms with Gasteiger partial charge < -0.3 is 16.0 Å². The minimum absolute atomic E-state index is 0.0555. The van der Waals surface area contributed by atoms with E-state index in [1.165, 1.54) is 12.4 Å². The molecule has 1 saturated heterocycles. The number of benzene rings is 1. The quantitative estimate of drug-likeness (QED) is 0.417. The number of rotatable bonds is 5. The second-order valence-corrected chi connectivity index (χ2v) is 8.79. The first-order chi connectivity index (χ1) is 17.4. The molecule has 3 N–H and O–H groups in total. The molecule has 182 valence electrons. The van der Waals surface area contributed by atoms with E-state index in [-0.39, 0.29) is 17.9 Å². The van der Waals surface area contributed by atoms with Crippen LogP contribution in [-0.2, 0) is 4.79 Å². The van der Waals surface area contributed by atoms with Crippen LogP contribution >= 0.6 is 0 Å². The number of anilines is 2. The van der Waals surface area contributed by atoms with Crippen LogP contribution in [-0.4, -0.2) is 54.5 Å². The lowest BCUT2D eigenvalue weighted by Gasteiger charge is -2.32. The van der Waals surface area contributed by atoms with Crippen molar-refractivity contribution in [3.05, 3.63) is 72.7 Å². The summed E-state index contributed by atoms with van der Waals surface area (Å²) in [4.78, 5) is 39.5. The summed E-state index contributed by atoms with van der Waals surface area (Å²) in [5, 5.41) is 8.33. The first kappa shape index (κ1) is 23.2. The maximum Gasteiger partial charge on any atom is 0.256 e. The number of aryl methyl sites for hydroxylation is 1. The summed E-state index contributed by atoms with van der Waals surface area (Å²) in [5.41, 5.74) is 9.77. The van der Waals surface area contributed by atoms with Gasteiger partial charge in [0.05, 0.1) is 11.4 Å². The van der Waals surface area contributed by atoms with Crippen LogP contribution in [0, 0.1) is 6.92 Å². The van der Waals surface area contributed by atoms with Gasteiger partial charge in [-0.1, -0.05) is 18.7 Å². The van der Waals surface area contributed by atoms with E-state index in [0.29, 0.717) is 47.0 Å². The number of fused-ring (bicyclic) bond motifs is 1. The summed E-state index contributed by atoms with van der Waals surface area (Å²) < 4.78 is 1.84. The molecule has 0 bridgehead atoms. The van der Waals surface area contributed by atoms with Gasteiger partial charge in [0.15, 0.2) is 5.65 Å². The Labute approximate surface area is 207 Å². The van der Waals surface area contributed by atoms with E-state index >= 15 is 0 Å². The molecule has 2 amide bonds. The van der Waals surface area contributed by atoms with Gasteiger partial charge in [0, 0.05) is 30.4 Å². The smallest absolute Gasteiger partial charge is 0.256 e. The number of piperidine rings is 1. The van der Waals surface area contributed by atoms with Crippen LogP contribution in [0.1, 0.15) is 34.8 Å². The van der Waals surface area contributed by atoms with Crippen molar-refractivity contribution in [2.75, 3.05) is 24.1 Å². The molecule has 0 saturated carbocycles. The van der Waals surface area contributed by atoms with Crippen LogP contribution in [0.4, 0.5) is 11.6 Å². The Balaban J connectivity index is 1.46. The van der Waals surface area contributed by atoms with Crippen LogP contribution in [0.15, 0.2) is 61.6 Å². The van der Waals surface area contributed by atoms with Crippen LogP contribution in [0.3, 0.4) is 0 Å². The predicted octanol–water partition coefficient (Wildman–Crippen LogP) is 3.38. The molecule has 1 unspecified atom stereocenters. The van der Waals surface area contributed by atoms with Crippen molar-refractivity contribution in [2.24, 2.45) is 0 Å². The molecule has 1 aliphatic heterocycles. The number of hydrogen-bond donors (Lipinski definition) is 2. The lowest BCUT2D eigenvalue weighted by molar-refractivity contribution is -0.127. The number of carbonyl (C=O) groups is 2. The largest absolute Gasteiger partial charge is 0.383 e. The lowest BCUT2D eigenvalue weighted by Crippen LogP contribution is -2.40. The van der Waals surface area contributed by atoms with Crippen molar-refractivity contribution in [1.29, 1.82) is 0 Å². The monoisotopic (exact) mass is 482 g/mol. The van der Waals surface area contributed by atoms with Crippen molar-refractivity contribution < 1.29 is 9.59 Å². The number of amides is 2. The zero-order valence-electron chi connectivity index (χ0n) is 19.9. The van der Waals surface area contributed by atoms with Crippen molar-refractivity contribution in [2.45, 2.75) is 25.8 Å². The van der Waals surface area contributed by atoms with Gasteiger partial charge in [0.2, 0.25) is 5.91 Å². The van der Waals surface area contributed by atoms with Crippen molar-refractivity contribution >= 4 is 34.5 Å². The Bertz CT molecular complexity index is 1460. The minimum Gasteiger partial charge on any atom is -0.383 e. The van der Waals surface area contributed by atoms with Gasteiger partial charge in [0.25, 0.3) is 5.91 Å². The highest BCUT2D eigenvalue weighted by molar-refractivity contribution is 6.04. The number of nitrogens with one attached hydrogen (secondary N) is 1. The molecule has 0 spiro atoms. The topological polar surface area (TPSA) is 132 Å². The third-order valence-electron chi connectivity index (χ3n) is 6.32. The van der Waals surface area contributed by atoms with Crippen LogP contribution in [0.25, 0.3) is 22.3 Å². The molecule has 1 atom stereocenters. The van der Waals surface area contributed by atoms with Crippen LogP contribution in [0.2, 0.25) is 0 Å². The van der Waals surface area contributed by atoms with E-state index in [1.54, 1.807) is 23.2 Å². The summed E-state index contributed by atoms with van der Waals surface area (Å²) in [7, 11) is 0. The van der Waals surface area contributed by atoms with Gasteiger partial charge in [-0.15, -0.1) is 0 Å². The van der Waals surface area contributed by atoms with Crippen molar-refractivity contribution in [3.63, 3.8) is 0 Å². The fourth-order valence-electron chi connectivity index (χ4n) is 4.51. The van der Waals surface area contributed by atoms with Crippen LogP contribution in [0.5, 0.6) is 0 Å². The minimum atomic E-state index is -0.257. The molecule has 36 heavy (non-hydrogen) atoms. The maximum absolute atomic E-state index is 12.7. The molecule has 0 radical (unpaired) electrons. The molecule has 10 nitrogen and oxygen atoms in total. The number of likely N-dealkylation sites (tertiary alicyclic amines) is 1. The Morgan fingerprint density at radius 1 is 1.17 bits per heavy atom. The zero-order chi connectivity index (χ0) is 25.2. The molecule has 1 fully saturated rings. The highest BCUT2D eigenvalue weighted by Gasteiger charge is 2.28. The fraction of sp³-hybridized carbons (Fsp3) is 0.231. The van der Waals surface area contributed by atoms with E-state index in [4.69, 9.17) is 10.8 Å². The second kappa shape index (κ2) is 9.57. The van der Waals surface area contributed by atoms with Crippen LogP contribution < -0.4 is 11.1 Å². The normalized spacial score (nSPS) is 15.6. The third-order valence-corrected chi connectivity index (χ3v) is 6.32. The number of carbonyl (C=O) groups excluding carboxylic acids is 2. The number of nitrogens with zero attached hydrogens (tertiary/aromatic N) is 6. The predicted molar refractivity (Wildman–Crippen MR) is 137 cm³/mol. The zero-order valence-corrected chi connectivity index (χ0v) is 19.9. The van der Waals surface area contributed by atoms with Gasteiger partial charge in [-0.2, -0.15) is 5.10 Å². The molecule has 0 aliphatic carbocycles. The summed E-state index contributed by atoms with van der Waals surface area (Å²) in [6.07, 6.45) is 6.11. The highest BCUT2D eigenvalue weighted by Crippen LogP contribution is 2.34. The number of nitrogens with two attached hydrogens (primary N) is 1. The van der Waals surface area contributed by atoms with Crippen molar-refractivity contribution in [3.8, 4) is 11.3 Å². The summed E-state index contributed by atoms with van der Waals surface area (Å²) in [6.45, 7) is 6.74. The lowest BCUT2D eigenvalue weighted by atomic mass is 10.1. The van der Waals surface area contributed by atoms with Gasteiger partial charge in [0.1, 0.15) is 23.7 Å². The number of nitrogen functional groups attached to an aromatic ring is 1. The standard InChI is InChI=1S/C26H26N8O2/c1-3-21(35)33-12-4-5-19(14-33)34-25-22(24(27)29-15-30-25)23(32-34)17-6-8-18(9-7-17)26(36)31-20-13-16(2)10-11-28-20/h3,6-11,13,15,19H,1,4-5,12,14H2,2H3,(H2,27,29,30)(H,28,31,36). The molecule has 1 aliphatic rings. The SMILES string of the molecule is C=CC(=O)N1CCCC(n2nc(-c3ccc(C(=O)Nc4cc(C)ccn4)cc3)c3c(N)ncnc32)C1. The Morgan fingerprint density at radius 3 is 2.72 bits per heavy atom. The summed E-state index contributed by atoms with van der Waals surface area (Å²) in [6, 6.07) is 10.7. The fourth-order valence-corrected chi connectivity index (χ4v) is 4.51. The average Bonchev–Trinajstić information content (AvgIpc) is 3.29. The molecule has 1 aromatic carbocycles. The first-order valence-corrected chi connectivity index (χ1v) is 11.7. The van der Waals surface area contributed by atoms with E-state index in [9.17, 15) is 9.59 Å². The molecular weight excluding hydrogens is 456 g/mol. The molecule has 5 rings (SSSR count). The number of pyridine rings is 1. The highest BCUT2D eigenvalue weighted by atomic mass is 16.2. The second-order valence-electron chi connectivity index (χ2n) is 8.79. The Morgan fingerprint density at radius 2 is 1.97 bits per heavy atom. The number of hydrogen-bond acceptors (Lipinski definition) is 7. The van der Waals surface area contributed by atoms with E-state index in [1.807, 2.05) is 35.9 Å². The van der Waals surface area contributed by atoms with Gasteiger partial charge >= 0.3 is 0 Å². The Kier molecular flexibility index (Phi) is 6.16. The van der Waals surface area contributed by atoms with Gasteiger partial charge in [-0.05, 0) is 55.7 Å². The molecule has 3 aromatic heterocycles. The maximum atomic E-state index is 12.7. The van der Waals surface area contributed by atoms with E-state index < -0.39 is 0 Å². The molecule has 4 heterocycles. The van der Waals surface area contributed by atoms with E-state index in [0.717, 1.165) is 24.0 Å². The molecular formula is C26H26N8O2. The average molecular weight is 483 g/mol. The van der Waals surface area contributed by atoms with Gasteiger partial charge in [-0.3, -0.25) is 9.59 Å². The summed E-state index contributed by atoms with van der Waals surface area (Å²) in [5.74, 6) is 0.464. The van der Waals surface area contributed by atoms with Crippen molar-refractivity contribution in [1.82, 2.24) is 29.6 Å². The number of aromatic nitrogens is 5. The first-order valence-electron chi connectivity index (χ1n) is 11.7. The van der Waals surface area contributed by atoms with Gasteiger partial charge in [-0.25, -0.2) is 19.6 Å². The summed E-state index contributed by atoms with van der Waals surface area (Å²) >= 11 is 0. The Hall–Kier alpha value is -4.60. The third kappa shape index (κ3) is 4.40. The van der Waals surface area contributed by atoms with E-state index in [2.05, 4.69) is 26.8 Å². The molecule has 10 heteroatoms.